The third-order valence-corrected chi connectivity index (χ3v) is 5.15. The molecule has 1 aliphatic rings. The zero-order valence-electron chi connectivity index (χ0n) is 15.1. The molecule has 1 aromatic heterocycles. The van der Waals surface area contributed by atoms with Crippen molar-refractivity contribution in [1.29, 1.82) is 0 Å². The minimum absolute atomic E-state index is 0.141. The molecule has 27 heavy (non-hydrogen) atoms. The molecule has 0 spiro atoms. The van der Waals surface area contributed by atoms with E-state index in [1.807, 2.05) is 60.3 Å². The van der Waals surface area contributed by atoms with Gasteiger partial charge in [-0.2, -0.15) is 5.10 Å². The maximum atomic E-state index is 12.8. The number of rotatable bonds is 3. The fraction of sp³-hybridized carbons (Fsp3) is 0.300. The van der Waals surface area contributed by atoms with Gasteiger partial charge in [0.05, 0.1) is 24.9 Å². The number of halogens is 1. The molecule has 3 aromatic rings. The Labute approximate surface area is 162 Å². The number of aromatic nitrogens is 2. The molecule has 140 valence electrons. The molecule has 1 aliphatic heterocycles. The number of aryl methyl sites for hydroxylation is 1. The molecular formula is C20H21ClN4O2. The molecular weight excluding hydrogens is 364 g/mol. The summed E-state index contributed by atoms with van der Waals surface area (Å²) in [5.74, 6) is 0. The second kappa shape index (κ2) is 7.58. The van der Waals surface area contributed by atoms with E-state index in [-0.39, 0.29) is 12.1 Å². The van der Waals surface area contributed by atoms with Gasteiger partial charge in [0, 0.05) is 34.7 Å². The van der Waals surface area contributed by atoms with E-state index in [0.29, 0.717) is 24.7 Å². The standard InChI is InChI=1S/C20H21ClN4O2/c1-2-25-18-11-15(8-7-14(18)12-22-25)23-20(26)24-9-10-27-19(13-24)16-5-3-4-6-17(16)21/h3-8,11-12,19H,2,9-10,13H2,1H3,(H,23,26). The van der Waals surface area contributed by atoms with Crippen molar-refractivity contribution >= 4 is 34.2 Å². The zero-order chi connectivity index (χ0) is 18.8. The zero-order valence-corrected chi connectivity index (χ0v) is 15.8. The Kier molecular flexibility index (Phi) is 5.01. The van der Waals surface area contributed by atoms with E-state index in [0.717, 1.165) is 28.7 Å². The number of morpholine rings is 1. The second-order valence-corrected chi connectivity index (χ2v) is 6.90. The normalized spacial score (nSPS) is 17.3. The van der Waals surface area contributed by atoms with Crippen LogP contribution in [-0.4, -0.2) is 40.4 Å². The number of benzene rings is 2. The molecule has 6 nitrogen and oxygen atoms in total. The molecule has 0 radical (unpaired) electrons. The lowest BCUT2D eigenvalue weighted by molar-refractivity contribution is -0.0134. The number of carbonyl (C=O) groups excluding carboxylic acids is 1. The van der Waals surface area contributed by atoms with Crippen molar-refractivity contribution in [2.75, 3.05) is 25.0 Å². The molecule has 2 aromatic carbocycles. The summed E-state index contributed by atoms with van der Waals surface area (Å²) in [4.78, 5) is 14.5. The summed E-state index contributed by atoms with van der Waals surface area (Å²) in [5, 5.41) is 9.04. The van der Waals surface area contributed by atoms with Crippen molar-refractivity contribution in [3.8, 4) is 0 Å². The van der Waals surface area contributed by atoms with Crippen LogP contribution in [-0.2, 0) is 11.3 Å². The molecule has 1 N–H and O–H groups in total. The van der Waals surface area contributed by atoms with Crippen molar-refractivity contribution in [1.82, 2.24) is 14.7 Å². The summed E-state index contributed by atoms with van der Waals surface area (Å²) in [7, 11) is 0. The largest absolute Gasteiger partial charge is 0.370 e. The Bertz CT molecular complexity index is 972. The van der Waals surface area contributed by atoms with E-state index in [1.165, 1.54) is 0 Å². The fourth-order valence-electron chi connectivity index (χ4n) is 3.36. The van der Waals surface area contributed by atoms with Crippen LogP contribution in [0.25, 0.3) is 10.9 Å². The van der Waals surface area contributed by atoms with Crippen LogP contribution in [0.5, 0.6) is 0 Å². The number of nitrogens with one attached hydrogen (secondary N) is 1. The Balaban J connectivity index is 1.48. The van der Waals surface area contributed by atoms with E-state index in [2.05, 4.69) is 10.4 Å². The van der Waals surface area contributed by atoms with Crippen LogP contribution in [0.2, 0.25) is 5.02 Å². The summed E-state index contributed by atoms with van der Waals surface area (Å²) in [6.07, 6.45) is 1.61. The number of ether oxygens (including phenoxy) is 1. The summed E-state index contributed by atoms with van der Waals surface area (Å²) in [5.41, 5.74) is 2.67. The summed E-state index contributed by atoms with van der Waals surface area (Å²) in [6, 6.07) is 13.3. The molecule has 1 saturated heterocycles. The smallest absolute Gasteiger partial charge is 0.322 e. The predicted octanol–water partition coefficient (Wildman–Crippen LogP) is 4.32. The Hall–Kier alpha value is -2.57. The highest BCUT2D eigenvalue weighted by Crippen LogP contribution is 2.28. The van der Waals surface area contributed by atoms with Crippen LogP contribution < -0.4 is 5.32 Å². The quantitative estimate of drug-likeness (QED) is 0.731. The third-order valence-electron chi connectivity index (χ3n) is 4.80. The number of hydrogen-bond donors (Lipinski definition) is 1. The molecule has 1 unspecified atom stereocenters. The van der Waals surface area contributed by atoms with Crippen molar-refractivity contribution in [3.05, 3.63) is 59.2 Å². The number of anilines is 1. The van der Waals surface area contributed by atoms with Crippen LogP contribution in [0.3, 0.4) is 0 Å². The highest BCUT2D eigenvalue weighted by Gasteiger charge is 2.26. The van der Waals surface area contributed by atoms with Crippen LogP contribution in [0.4, 0.5) is 10.5 Å². The first kappa shape index (κ1) is 17.8. The fourth-order valence-corrected chi connectivity index (χ4v) is 3.62. The molecule has 1 atom stereocenters. The van der Waals surface area contributed by atoms with Gasteiger partial charge in [-0.15, -0.1) is 0 Å². The molecule has 2 amide bonds. The molecule has 1 fully saturated rings. The van der Waals surface area contributed by atoms with Crippen LogP contribution in [0.15, 0.2) is 48.7 Å². The Morgan fingerprint density at radius 3 is 3.00 bits per heavy atom. The van der Waals surface area contributed by atoms with Gasteiger partial charge in [-0.05, 0) is 31.2 Å². The van der Waals surface area contributed by atoms with Gasteiger partial charge in [0.1, 0.15) is 6.10 Å². The van der Waals surface area contributed by atoms with Crippen molar-refractivity contribution in [2.45, 2.75) is 19.6 Å². The maximum absolute atomic E-state index is 12.8. The van der Waals surface area contributed by atoms with E-state index in [4.69, 9.17) is 16.3 Å². The summed E-state index contributed by atoms with van der Waals surface area (Å²) >= 11 is 6.28. The van der Waals surface area contributed by atoms with E-state index in [9.17, 15) is 4.79 Å². The number of fused-ring (bicyclic) bond motifs is 1. The van der Waals surface area contributed by atoms with Gasteiger partial charge in [-0.25, -0.2) is 4.79 Å². The predicted molar refractivity (Wildman–Crippen MR) is 106 cm³/mol. The topological polar surface area (TPSA) is 59.4 Å². The highest BCUT2D eigenvalue weighted by atomic mass is 35.5. The van der Waals surface area contributed by atoms with E-state index >= 15 is 0 Å². The number of amides is 2. The van der Waals surface area contributed by atoms with Gasteiger partial charge >= 0.3 is 6.03 Å². The lowest BCUT2D eigenvalue weighted by Gasteiger charge is -2.33. The summed E-state index contributed by atoms with van der Waals surface area (Å²) in [6.45, 7) is 4.31. The van der Waals surface area contributed by atoms with Crippen molar-refractivity contribution < 1.29 is 9.53 Å². The van der Waals surface area contributed by atoms with E-state index < -0.39 is 0 Å². The minimum atomic E-state index is -0.220. The molecule has 2 heterocycles. The van der Waals surface area contributed by atoms with Crippen LogP contribution in [0, 0.1) is 0 Å². The number of hydrogen-bond acceptors (Lipinski definition) is 3. The first-order chi connectivity index (χ1) is 13.2. The van der Waals surface area contributed by atoms with Crippen molar-refractivity contribution in [3.63, 3.8) is 0 Å². The van der Waals surface area contributed by atoms with Gasteiger partial charge in [0.25, 0.3) is 0 Å². The lowest BCUT2D eigenvalue weighted by Crippen LogP contribution is -2.44. The number of nitrogens with zero attached hydrogens (tertiary/aromatic N) is 3. The minimum Gasteiger partial charge on any atom is -0.370 e. The average molecular weight is 385 g/mol. The maximum Gasteiger partial charge on any atom is 0.322 e. The SMILES string of the molecule is CCn1ncc2ccc(NC(=O)N3CCOC(c4ccccc4Cl)C3)cc21. The van der Waals surface area contributed by atoms with Gasteiger partial charge in [0.2, 0.25) is 0 Å². The van der Waals surface area contributed by atoms with Gasteiger partial charge in [-0.1, -0.05) is 29.8 Å². The molecule has 4 rings (SSSR count). The Morgan fingerprint density at radius 1 is 1.33 bits per heavy atom. The molecule has 0 aliphatic carbocycles. The summed E-state index contributed by atoms with van der Waals surface area (Å²) < 4.78 is 7.75. The van der Waals surface area contributed by atoms with Gasteiger partial charge < -0.3 is 15.0 Å². The van der Waals surface area contributed by atoms with Gasteiger partial charge in [0.15, 0.2) is 0 Å². The lowest BCUT2D eigenvalue weighted by atomic mass is 10.1. The number of carbonyl (C=O) groups is 1. The monoisotopic (exact) mass is 384 g/mol. The van der Waals surface area contributed by atoms with Crippen LogP contribution >= 0.6 is 11.6 Å². The first-order valence-corrected chi connectivity index (χ1v) is 9.41. The average Bonchev–Trinajstić information content (AvgIpc) is 3.11. The van der Waals surface area contributed by atoms with Gasteiger partial charge in [-0.3, -0.25) is 4.68 Å². The first-order valence-electron chi connectivity index (χ1n) is 9.03. The van der Waals surface area contributed by atoms with E-state index in [1.54, 1.807) is 4.90 Å². The van der Waals surface area contributed by atoms with Crippen molar-refractivity contribution in [2.24, 2.45) is 0 Å². The van der Waals surface area contributed by atoms with Crippen LogP contribution in [0.1, 0.15) is 18.6 Å². The number of urea groups is 1. The molecule has 7 heteroatoms. The second-order valence-electron chi connectivity index (χ2n) is 6.49. The highest BCUT2D eigenvalue weighted by molar-refractivity contribution is 6.31. The molecule has 0 bridgehead atoms. The third kappa shape index (κ3) is 3.63. The Morgan fingerprint density at radius 2 is 2.19 bits per heavy atom. The molecule has 0 saturated carbocycles.